The molecule has 0 aliphatic carbocycles. The molecule has 0 spiro atoms. The lowest BCUT2D eigenvalue weighted by Crippen LogP contribution is -2.42. The number of cyclic esters (lactones) is 1. The quantitative estimate of drug-likeness (QED) is 0.765. The molecule has 0 aromatic heterocycles. The highest BCUT2D eigenvalue weighted by molar-refractivity contribution is 5.99. The summed E-state index contributed by atoms with van der Waals surface area (Å²) in [5.41, 5.74) is 0.480. The van der Waals surface area contributed by atoms with Crippen LogP contribution >= 0.6 is 0 Å². The molecule has 140 valence electrons. The smallest absolute Gasteiger partial charge is 0.417 e. The van der Waals surface area contributed by atoms with Crippen LogP contribution in [0.15, 0.2) is 18.2 Å². The van der Waals surface area contributed by atoms with Gasteiger partial charge in [-0.05, 0) is 38.5 Å². The van der Waals surface area contributed by atoms with E-state index in [1.165, 1.54) is 0 Å². The zero-order valence-corrected chi connectivity index (χ0v) is 14.9. The molecule has 2 heterocycles. The summed E-state index contributed by atoms with van der Waals surface area (Å²) in [5.74, 6) is 0.593. The molecular formula is C18H22N2O6. The Morgan fingerprint density at radius 2 is 1.92 bits per heavy atom. The van der Waals surface area contributed by atoms with Gasteiger partial charge in [-0.15, -0.1) is 0 Å². The average molecular weight is 362 g/mol. The summed E-state index contributed by atoms with van der Waals surface area (Å²) >= 11 is 0. The van der Waals surface area contributed by atoms with E-state index in [9.17, 15) is 14.4 Å². The minimum absolute atomic E-state index is 0.170. The van der Waals surface area contributed by atoms with Gasteiger partial charge in [0.2, 0.25) is 0 Å². The highest BCUT2D eigenvalue weighted by atomic mass is 16.6. The van der Waals surface area contributed by atoms with Crippen molar-refractivity contribution in [2.75, 3.05) is 32.9 Å². The molecule has 0 bridgehead atoms. The van der Waals surface area contributed by atoms with E-state index in [0.29, 0.717) is 49.8 Å². The third-order valence-electron chi connectivity index (χ3n) is 4.39. The number of rotatable bonds is 6. The predicted octanol–water partition coefficient (Wildman–Crippen LogP) is 1.68. The van der Waals surface area contributed by atoms with Crippen molar-refractivity contribution in [2.45, 2.75) is 26.3 Å². The average Bonchev–Trinajstić information content (AvgIpc) is 3.23. The Morgan fingerprint density at radius 1 is 1.19 bits per heavy atom. The van der Waals surface area contributed by atoms with Crippen LogP contribution in [-0.2, 0) is 9.53 Å². The van der Waals surface area contributed by atoms with Crippen LogP contribution in [-0.4, -0.2) is 66.7 Å². The van der Waals surface area contributed by atoms with E-state index in [1.807, 2.05) is 13.8 Å². The van der Waals surface area contributed by atoms with Gasteiger partial charge in [0.15, 0.2) is 18.1 Å². The number of benzene rings is 1. The largest absolute Gasteiger partial charge is 0.490 e. The minimum Gasteiger partial charge on any atom is -0.490 e. The molecule has 0 radical (unpaired) electrons. The lowest BCUT2D eigenvalue weighted by atomic mass is 10.1. The molecule has 1 aromatic rings. The van der Waals surface area contributed by atoms with Gasteiger partial charge < -0.3 is 19.1 Å². The Hall–Kier alpha value is -2.77. The number of imide groups is 1. The lowest BCUT2D eigenvalue weighted by molar-refractivity contribution is -0.127. The zero-order valence-electron chi connectivity index (χ0n) is 14.9. The van der Waals surface area contributed by atoms with E-state index in [4.69, 9.17) is 14.2 Å². The molecule has 26 heavy (non-hydrogen) atoms. The maximum atomic E-state index is 12.8. The fourth-order valence-corrected chi connectivity index (χ4v) is 3.22. The summed E-state index contributed by atoms with van der Waals surface area (Å²) in [6, 6.07) is 4.74. The summed E-state index contributed by atoms with van der Waals surface area (Å²) in [6.07, 6.45) is -0.0870. The molecular weight excluding hydrogens is 340 g/mol. The van der Waals surface area contributed by atoms with E-state index < -0.39 is 6.09 Å². The van der Waals surface area contributed by atoms with Crippen LogP contribution in [0.2, 0.25) is 0 Å². The predicted molar refractivity (Wildman–Crippen MR) is 91.3 cm³/mol. The topological polar surface area (TPSA) is 85.4 Å². The second-order valence-electron chi connectivity index (χ2n) is 6.04. The first kappa shape index (κ1) is 18.0. The van der Waals surface area contributed by atoms with Crippen LogP contribution in [0, 0.1) is 0 Å². The molecule has 2 aliphatic rings. The van der Waals surface area contributed by atoms with Gasteiger partial charge in [-0.25, -0.2) is 9.69 Å². The van der Waals surface area contributed by atoms with Crippen LogP contribution in [0.3, 0.4) is 0 Å². The van der Waals surface area contributed by atoms with Gasteiger partial charge in [-0.3, -0.25) is 9.59 Å². The van der Waals surface area contributed by atoms with Crippen LogP contribution in [0.5, 0.6) is 11.5 Å². The molecule has 1 atom stereocenters. The van der Waals surface area contributed by atoms with Crippen LogP contribution in [0.1, 0.15) is 30.6 Å². The van der Waals surface area contributed by atoms with E-state index in [0.717, 1.165) is 4.90 Å². The molecule has 0 N–H and O–H groups in total. The third kappa shape index (κ3) is 3.44. The van der Waals surface area contributed by atoms with E-state index in [2.05, 4.69) is 0 Å². The molecule has 8 heteroatoms. The fourth-order valence-electron chi connectivity index (χ4n) is 3.22. The van der Waals surface area contributed by atoms with E-state index in [1.54, 1.807) is 23.1 Å². The van der Waals surface area contributed by atoms with Crippen molar-refractivity contribution in [3.8, 4) is 11.5 Å². The van der Waals surface area contributed by atoms with Gasteiger partial charge in [-0.1, -0.05) is 0 Å². The van der Waals surface area contributed by atoms with Crippen LogP contribution in [0.4, 0.5) is 4.79 Å². The molecule has 0 saturated carbocycles. The van der Waals surface area contributed by atoms with Gasteiger partial charge >= 0.3 is 6.09 Å². The third-order valence-corrected chi connectivity index (χ3v) is 4.39. The normalized spacial score (nSPS) is 19.7. The van der Waals surface area contributed by atoms with E-state index in [-0.39, 0.29) is 24.5 Å². The SMILES string of the molecule is CCOc1ccc(C(=O)N2CCC(N3C(=O)COC3=O)C2)cc1OCC. The second-order valence-corrected chi connectivity index (χ2v) is 6.04. The maximum Gasteiger partial charge on any atom is 0.417 e. The van der Waals surface area contributed by atoms with Gasteiger partial charge in [0.25, 0.3) is 11.8 Å². The minimum atomic E-state index is -0.631. The first-order valence-electron chi connectivity index (χ1n) is 8.72. The van der Waals surface area contributed by atoms with Crippen molar-refractivity contribution in [3.63, 3.8) is 0 Å². The van der Waals surface area contributed by atoms with Gasteiger partial charge in [0.05, 0.1) is 19.3 Å². The number of amides is 3. The number of hydrogen-bond acceptors (Lipinski definition) is 6. The van der Waals surface area contributed by atoms with Crippen LogP contribution < -0.4 is 9.47 Å². The molecule has 2 aliphatic heterocycles. The Bertz CT molecular complexity index is 704. The van der Waals surface area contributed by atoms with Gasteiger partial charge in [-0.2, -0.15) is 0 Å². The molecule has 8 nitrogen and oxygen atoms in total. The first-order valence-corrected chi connectivity index (χ1v) is 8.72. The first-order chi connectivity index (χ1) is 12.5. The highest BCUT2D eigenvalue weighted by Crippen LogP contribution is 2.30. The Labute approximate surface area is 151 Å². The summed E-state index contributed by atoms with van der Waals surface area (Å²) in [5, 5.41) is 0. The van der Waals surface area contributed by atoms with Crippen molar-refractivity contribution >= 4 is 17.9 Å². The summed E-state index contributed by atoms with van der Waals surface area (Å²) in [7, 11) is 0. The maximum absolute atomic E-state index is 12.8. The summed E-state index contributed by atoms with van der Waals surface area (Å²) in [4.78, 5) is 39.0. The summed E-state index contributed by atoms with van der Waals surface area (Å²) < 4.78 is 15.8. The Balaban J connectivity index is 1.72. The van der Waals surface area contributed by atoms with Crippen molar-refractivity contribution < 1.29 is 28.6 Å². The Kier molecular flexibility index (Phi) is 5.29. The molecule has 1 aromatic carbocycles. The molecule has 3 rings (SSSR count). The van der Waals surface area contributed by atoms with Crippen molar-refractivity contribution in [3.05, 3.63) is 23.8 Å². The number of carbonyl (C=O) groups excluding carboxylic acids is 3. The van der Waals surface area contributed by atoms with Crippen molar-refractivity contribution in [1.82, 2.24) is 9.80 Å². The molecule has 1 unspecified atom stereocenters. The van der Waals surface area contributed by atoms with E-state index >= 15 is 0 Å². The van der Waals surface area contributed by atoms with Gasteiger partial charge in [0, 0.05) is 18.7 Å². The van der Waals surface area contributed by atoms with Gasteiger partial charge in [0.1, 0.15) is 0 Å². The Morgan fingerprint density at radius 3 is 2.58 bits per heavy atom. The molecule has 3 amide bonds. The van der Waals surface area contributed by atoms with Crippen molar-refractivity contribution in [1.29, 1.82) is 0 Å². The fraction of sp³-hybridized carbons (Fsp3) is 0.500. The summed E-state index contributed by atoms with van der Waals surface area (Å²) in [6.45, 7) is 5.25. The number of carbonyl (C=O) groups is 3. The standard InChI is InChI=1S/C18H22N2O6/c1-3-24-14-6-5-12(9-15(14)25-4-2)17(22)19-8-7-13(10-19)20-16(21)11-26-18(20)23/h5-6,9,13H,3-4,7-8,10-11H2,1-2H3. The number of likely N-dealkylation sites (tertiary alicyclic amines) is 1. The number of ether oxygens (including phenoxy) is 3. The lowest BCUT2D eigenvalue weighted by Gasteiger charge is -2.21. The van der Waals surface area contributed by atoms with Crippen molar-refractivity contribution in [2.24, 2.45) is 0 Å². The zero-order chi connectivity index (χ0) is 18.7. The highest BCUT2D eigenvalue weighted by Gasteiger charge is 2.41. The number of nitrogens with zero attached hydrogens (tertiary/aromatic N) is 2. The monoisotopic (exact) mass is 362 g/mol. The number of hydrogen-bond donors (Lipinski definition) is 0. The molecule has 2 saturated heterocycles. The van der Waals surface area contributed by atoms with Crippen LogP contribution in [0.25, 0.3) is 0 Å². The second kappa shape index (κ2) is 7.63. The molecule has 2 fully saturated rings.